The number of hydrogen-bond donors (Lipinski definition) is 1. The number of pyridine rings is 1. The van der Waals surface area contributed by atoms with Crippen LogP contribution in [-0.4, -0.2) is 49.1 Å². The van der Waals surface area contributed by atoms with Crippen LogP contribution in [-0.2, 0) is 17.8 Å². The molecule has 0 saturated carbocycles. The van der Waals surface area contributed by atoms with Gasteiger partial charge in [0.1, 0.15) is 17.3 Å². The number of aromatic nitrogens is 1. The van der Waals surface area contributed by atoms with E-state index >= 15 is 0 Å². The summed E-state index contributed by atoms with van der Waals surface area (Å²) in [5, 5.41) is 2.86. The Bertz CT molecular complexity index is 1130. The Morgan fingerprint density at radius 2 is 1.78 bits per heavy atom. The molecular formula is C29H34FN3O3. The van der Waals surface area contributed by atoms with Crippen molar-refractivity contribution in [3.05, 3.63) is 77.9 Å². The summed E-state index contributed by atoms with van der Waals surface area (Å²) < 4.78 is 25.5. The van der Waals surface area contributed by atoms with E-state index in [0.29, 0.717) is 36.1 Å². The summed E-state index contributed by atoms with van der Waals surface area (Å²) in [7, 11) is 2.12. The molecule has 6 nitrogen and oxygen atoms in total. The second-order valence-electron chi connectivity index (χ2n) is 9.30. The van der Waals surface area contributed by atoms with Crippen molar-refractivity contribution >= 4 is 5.91 Å². The van der Waals surface area contributed by atoms with Crippen LogP contribution in [0.15, 0.2) is 60.8 Å². The quantitative estimate of drug-likeness (QED) is 0.439. The third-order valence-corrected chi connectivity index (χ3v) is 6.41. The minimum absolute atomic E-state index is 0.151. The Morgan fingerprint density at radius 1 is 1.03 bits per heavy atom. The molecule has 2 aromatic carbocycles. The molecule has 0 radical (unpaired) electrons. The van der Waals surface area contributed by atoms with Gasteiger partial charge < -0.3 is 19.7 Å². The maximum absolute atomic E-state index is 14.1. The Balaban J connectivity index is 1.26. The van der Waals surface area contributed by atoms with Crippen molar-refractivity contribution in [2.24, 2.45) is 5.92 Å². The number of likely N-dealkylation sites (tertiary alicyclic amines) is 1. The van der Waals surface area contributed by atoms with Crippen molar-refractivity contribution in [3.63, 3.8) is 0 Å². The van der Waals surface area contributed by atoms with Gasteiger partial charge in [0.25, 0.3) is 0 Å². The van der Waals surface area contributed by atoms with Gasteiger partial charge in [-0.25, -0.2) is 4.39 Å². The van der Waals surface area contributed by atoms with E-state index in [2.05, 4.69) is 22.2 Å². The minimum Gasteiger partial charge on any atom is -0.494 e. The molecule has 0 aliphatic carbocycles. The zero-order valence-corrected chi connectivity index (χ0v) is 21.0. The van der Waals surface area contributed by atoms with E-state index in [1.807, 2.05) is 43.3 Å². The van der Waals surface area contributed by atoms with Gasteiger partial charge in [-0.15, -0.1) is 0 Å². The highest BCUT2D eigenvalue weighted by Gasteiger charge is 2.17. The van der Waals surface area contributed by atoms with Gasteiger partial charge in [-0.05, 0) is 87.3 Å². The Labute approximate surface area is 212 Å². The number of amides is 1. The van der Waals surface area contributed by atoms with E-state index < -0.39 is 0 Å². The third-order valence-electron chi connectivity index (χ3n) is 6.41. The lowest BCUT2D eigenvalue weighted by Gasteiger charge is -2.28. The molecule has 1 N–H and O–H groups in total. The van der Waals surface area contributed by atoms with Gasteiger partial charge in [-0.1, -0.05) is 18.2 Å². The van der Waals surface area contributed by atoms with Crippen molar-refractivity contribution in [1.29, 1.82) is 0 Å². The second kappa shape index (κ2) is 12.5. The van der Waals surface area contributed by atoms with Gasteiger partial charge in [0, 0.05) is 30.1 Å². The molecule has 190 valence electrons. The Hall–Kier alpha value is -3.45. The highest BCUT2D eigenvalue weighted by Crippen LogP contribution is 2.23. The predicted octanol–water partition coefficient (Wildman–Crippen LogP) is 4.87. The van der Waals surface area contributed by atoms with Crippen LogP contribution >= 0.6 is 0 Å². The maximum Gasteiger partial charge on any atom is 0.226 e. The summed E-state index contributed by atoms with van der Waals surface area (Å²) in [5.41, 5.74) is 3.33. The topological polar surface area (TPSA) is 63.7 Å². The smallest absolute Gasteiger partial charge is 0.226 e. The van der Waals surface area contributed by atoms with Crippen molar-refractivity contribution in [1.82, 2.24) is 15.2 Å². The number of nitrogens with zero attached hydrogens (tertiary/aromatic N) is 2. The van der Waals surface area contributed by atoms with Gasteiger partial charge in [0.15, 0.2) is 0 Å². The largest absolute Gasteiger partial charge is 0.494 e. The van der Waals surface area contributed by atoms with E-state index in [1.54, 1.807) is 12.3 Å². The number of benzene rings is 2. The molecule has 36 heavy (non-hydrogen) atoms. The van der Waals surface area contributed by atoms with E-state index in [-0.39, 0.29) is 24.7 Å². The molecule has 1 aromatic heterocycles. The molecule has 7 heteroatoms. The van der Waals surface area contributed by atoms with Gasteiger partial charge >= 0.3 is 0 Å². The number of nitrogens with one attached hydrogen (secondary N) is 1. The van der Waals surface area contributed by atoms with E-state index in [0.717, 1.165) is 42.8 Å². The molecular weight excluding hydrogens is 457 g/mol. The fourth-order valence-electron chi connectivity index (χ4n) is 4.29. The molecule has 1 aliphatic heterocycles. The van der Waals surface area contributed by atoms with Crippen LogP contribution in [0.1, 0.15) is 31.0 Å². The van der Waals surface area contributed by atoms with E-state index in [1.165, 1.54) is 12.1 Å². The molecule has 1 fully saturated rings. The Kier molecular flexibility index (Phi) is 8.90. The average molecular weight is 492 g/mol. The molecule has 1 amide bonds. The van der Waals surface area contributed by atoms with Crippen LogP contribution in [0.25, 0.3) is 11.1 Å². The van der Waals surface area contributed by atoms with Crippen molar-refractivity contribution in [2.75, 3.05) is 33.4 Å². The number of piperidine rings is 1. The number of hydrogen-bond acceptors (Lipinski definition) is 5. The third kappa shape index (κ3) is 7.52. The SMILES string of the molecule is CCOc1ccc(-c2ccc(CC(=O)NCc3cc(F)cc(OCC4CCN(C)CC4)c3)nc2)cc1. The summed E-state index contributed by atoms with van der Waals surface area (Å²) in [6, 6.07) is 16.2. The summed E-state index contributed by atoms with van der Waals surface area (Å²) in [5.74, 6) is 1.28. The number of carbonyl (C=O) groups excluding carboxylic acids is 1. The van der Waals surface area contributed by atoms with Crippen LogP contribution in [0, 0.1) is 11.7 Å². The van der Waals surface area contributed by atoms with Gasteiger partial charge in [-0.2, -0.15) is 0 Å². The summed E-state index contributed by atoms with van der Waals surface area (Å²) >= 11 is 0. The molecule has 0 atom stereocenters. The first-order valence-electron chi connectivity index (χ1n) is 12.5. The highest BCUT2D eigenvalue weighted by molar-refractivity contribution is 5.78. The van der Waals surface area contributed by atoms with Gasteiger partial charge in [0.05, 0.1) is 19.6 Å². The zero-order valence-electron chi connectivity index (χ0n) is 21.0. The first-order chi connectivity index (χ1) is 17.5. The lowest BCUT2D eigenvalue weighted by molar-refractivity contribution is -0.120. The standard InChI is InChI=1S/C29H34FN3O3/c1-3-35-27-8-5-23(6-9-27)24-4-7-26(31-19-24)17-29(34)32-18-22-14-25(30)16-28(15-22)36-20-21-10-12-33(2)13-11-21/h4-9,14-16,19,21H,3,10-13,17-18,20H2,1-2H3,(H,32,34). The molecule has 1 aliphatic rings. The first kappa shape index (κ1) is 25.6. The number of rotatable bonds is 10. The van der Waals surface area contributed by atoms with Crippen LogP contribution in [0.2, 0.25) is 0 Å². The number of halogens is 1. The van der Waals surface area contributed by atoms with Crippen LogP contribution in [0.3, 0.4) is 0 Å². The highest BCUT2D eigenvalue weighted by atomic mass is 19.1. The van der Waals surface area contributed by atoms with Crippen molar-refractivity contribution in [3.8, 4) is 22.6 Å². The van der Waals surface area contributed by atoms with Crippen LogP contribution in [0.4, 0.5) is 4.39 Å². The lowest BCUT2D eigenvalue weighted by atomic mass is 9.98. The summed E-state index contributed by atoms with van der Waals surface area (Å²) in [6.07, 6.45) is 4.09. The number of ether oxygens (including phenoxy) is 2. The molecule has 4 rings (SSSR count). The summed E-state index contributed by atoms with van der Waals surface area (Å²) in [4.78, 5) is 19.2. The molecule has 0 spiro atoms. The van der Waals surface area contributed by atoms with E-state index in [4.69, 9.17) is 9.47 Å². The predicted molar refractivity (Wildman–Crippen MR) is 139 cm³/mol. The van der Waals surface area contributed by atoms with Crippen LogP contribution < -0.4 is 14.8 Å². The molecule has 0 bridgehead atoms. The van der Waals surface area contributed by atoms with Crippen molar-refractivity contribution < 1.29 is 18.7 Å². The second-order valence-corrected chi connectivity index (χ2v) is 9.30. The molecule has 1 saturated heterocycles. The normalized spacial score (nSPS) is 14.4. The monoisotopic (exact) mass is 491 g/mol. The molecule has 0 unspecified atom stereocenters. The fourth-order valence-corrected chi connectivity index (χ4v) is 4.29. The fraction of sp³-hybridized carbons (Fsp3) is 0.379. The van der Waals surface area contributed by atoms with E-state index in [9.17, 15) is 9.18 Å². The number of carbonyl (C=O) groups is 1. The van der Waals surface area contributed by atoms with Crippen LogP contribution in [0.5, 0.6) is 11.5 Å². The van der Waals surface area contributed by atoms with Gasteiger partial charge in [0.2, 0.25) is 5.91 Å². The molecule has 2 heterocycles. The first-order valence-corrected chi connectivity index (χ1v) is 12.5. The Morgan fingerprint density at radius 3 is 2.47 bits per heavy atom. The summed E-state index contributed by atoms with van der Waals surface area (Å²) in [6.45, 7) is 5.52. The minimum atomic E-state index is -0.369. The van der Waals surface area contributed by atoms with Crippen molar-refractivity contribution in [2.45, 2.75) is 32.7 Å². The molecule has 3 aromatic rings. The lowest BCUT2D eigenvalue weighted by Crippen LogP contribution is -2.32. The average Bonchev–Trinajstić information content (AvgIpc) is 2.88. The van der Waals surface area contributed by atoms with Gasteiger partial charge in [-0.3, -0.25) is 9.78 Å². The maximum atomic E-state index is 14.1. The zero-order chi connectivity index (χ0) is 25.3.